The maximum Gasteiger partial charge on any atom is 0.352 e. The second kappa shape index (κ2) is 4.84. The van der Waals surface area contributed by atoms with E-state index in [2.05, 4.69) is 9.97 Å². The number of hydrogen-bond acceptors (Lipinski definition) is 6. The molecule has 19 heavy (non-hydrogen) atoms. The minimum absolute atomic E-state index is 0.0922. The minimum Gasteiger partial charge on any atom is -0.434 e. The summed E-state index contributed by atoms with van der Waals surface area (Å²) in [7, 11) is 0. The monoisotopic (exact) mass is 264 g/mol. The molecule has 0 radical (unpaired) electrons. The lowest BCUT2D eigenvalue weighted by molar-refractivity contribution is -0.386. The number of ether oxygens (including phenoxy) is 1. The van der Waals surface area contributed by atoms with Gasteiger partial charge in [-0.05, 0) is 31.2 Å². The van der Waals surface area contributed by atoms with E-state index in [-0.39, 0.29) is 29.0 Å². The first kappa shape index (κ1) is 12.7. The first-order chi connectivity index (χ1) is 8.97. The molecule has 0 amide bonds. The Morgan fingerprint density at radius 1 is 1.32 bits per heavy atom. The third-order valence-corrected chi connectivity index (χ3v) is 2.25. The van der Waals surface area contributed by atoms with E-state index in [1.54, 1.807) is 0 Å². The van der Waals surface area contributed by atoms with Crippen LogP contribution in [0.1, 0.15) is 5.69 Å². The van der Waals surface area contributed by atoms with Crippen molar-refractivity contribution < 1.29 is 14.1 Å². The van der Waals surface area contributed by atoms with Gasteiger partial charge in [0, 0.05) is 0 Å². The van der Waals surface area contributed by atoms with Crippen molar-refractivity contribution in [2.24, 2.45) is 0 Å². The molecule has 2 rings (SSSR count). The fourth-order valence-corrected chi connectivity index (χ4v) is 1.46. The van der Waals surface area contributed by atoms with Crippen molar-refractivity contribution >= 4 is 11.6 Å². The minimum atomic E-state index is -0.659. The predicted molar refractivity (Wildman–Crippen MR) is 64.3 cm³/mol. The number of halogens is 1. The molecular formula is C11H9FN4O3. The molecule has 0 saturated heterocycles. The van der Waals surface area contributed by atoms with E-state index in [1.165, 1.54) is 31.2 Å². The Morgan fingerprint density at radius 2 is 1.95 bits per heavy atom. The second-order valence-electron chi connectivity index (χ2n) is 3.63. The number of nitro groups is 1. The van der Waals surface area contributed by atoms with E-state index in [1.807, 2.05) is 0 Å². The zero-order valence-corrected chi connectivity index (χ0v) is 9.83. The maximum atomic E-state index is 12.8. The lowest BCUT2D eigenvalue weighted by Crippen LogP contribution is -2.04. The first-order valence-electron chi connectivity index (χ1n) is 5.19. The quantitative estimate of drug-likeness (QED) is 0.673. The van der Waals surface area contributed by atoms with Crippen molar-refractivity contribution in [3.8, 4) is 11.6 Å². The Hall–Kier alpha value is -2.77. The van der Waals surface area contributed by atoms with Crippen molar-refractivity contribution in [1.82, 2.24) is 9.97 Å². The van der Waals surface area contributed by atoms with Gasteiger partial charge >= 0.3 is 11.6 Å². The molecule has 1 aromatic carbocycles. The summed E-state index contributed by atoms with van der Waals surface area (Å²) >= 11 is 0. The lowest BCUT2D eigenvalue weighted by atomic mass is 10.3. The van der Waals surface area contributed by atoms with Crippen LogP contribution in [0.3, 0.4) is 0 Å². The van der Waals surface area contributed by atoms with E-state index >= 15 is 0 Å². The van der Waals surface area contributed by atoms with Gasteiger partial charge < -0.3 is 10.5 Å². The van der Waals surface area contributed by atoms with Crippen molar-refractivity contribution in [3.05, 3.63) is 45.9 Å². The number of nitrogen functional groups attached to an aromatic ring is 1. The molecule has 1 heterocycles. The normalized spacial score (nSPS) is 10.2. The molecular weight excluding hydrogens is 255 g/mol. The van der Waals surface area contributed by atoms with E-state index in [0.717, 1.165) is 0 Å². The Bertz CT molecular complexity index is 631. The molecule has 98 valence electrons. The van der Waals surface area contributed by atoms with Gasteiger partial charge in [-0.2, -0.15) is 4.98 Å². The highest BCUT2D eigenvalue weighted by atomic mass is 19.1. The zero-order chi connectivity index (χ0) is 14.0. The van der Waals surface area contributed by atoms with Crippen LogP contribution in [0, 0.1) is 22.9 Å². The summed E-state index contributed by atoms with van der Waals surface area (Å²) < 4.78 is 18.0. The van der Waals surface area contributed by atoms with E-state index < -0.39 is 10.7 Å². The summed E-state index contributed by atoms with van der Waals surface area (Å²) in [6.07, 6.45) is 0. The van der Waals surface area contributed by atoms with E-state index in [9.17, 15) is 14.5 Å². The highest BCUT2D eigenvalue weighted by Crippen LogP contribution is 2.31. The molecule has 7 nitrogen and oxygen atoms in total. The Balaban J connectivity index is 2.44. The number of benzene rings is 1. The molecule has 0 spiro atoms. The molecule has 0 bridgehead atoms. The summed E-state index contributed by atoms with van der Waals surface area (Å²) in [6, 6.07) is 4.98. The first-order valence-corrected chi connectivity index (χ1v) is 5.19. The van der Waals surface area contributed by atoms with Gasteiger partial charge in [0.15, 0.2) is 0 Å². The summed E-state index contributed by atoms with van der Waals surface area (Å²) in [5.41, 5.74) is 5.14. The summed E-state index contributed by atoms with van der Waals surface area (Å²) in [5.74, 6) is -0.649. The van der Waals surface area contributed by atoms with Crippen LogP contribution in [0.25, 0.3) is 0 Å². The molecule has 8 heteroatoms. The van der Waals surface area contributed by atoms with Crippen LogP contribution >= 0.6 is 0 Å². The van der Waals surface area contributed by atoms with Crippen molar-refractivity contribution in [1.29, 1.82) is 0 Å². The Kier molecular flexibility index (Phi) is 3.23. The highest BCUT2D eigenvalue weighted by Gasteiger charge is 2.23. The summed E-state index contributed by atoms with van der Waals surface area (Å²) in [5, 5.41) is 10.9. The molecule has 0 aliphatic rings. The number of nitrogens with two attached hydrogens (primary N) is 1. The third kappa shape index (κ3) is 2.73. The fraction of sp³-hybridized carbons (Fsp3) is 0.0909. The average molecular weight is 264 g/mol. The maximum absolute atomic E-state index is 12.8. The highest BCUT2D eigenvalue weighted by molar-refractivity contribution is 5.49. The van der Waals surface area contributed by atoms with Gasteiger partial charge in [-0.1, -0.05) is 0 Å². The number of nitrogens with zero attached hydrogens (tertiary/aromatic N) is 3. The Morgan fingerprint density at radius 3 is 2.53 bits per heavy atom. The number of aryl methyl sites for hydroxylation is 1. The van der Waals surface area contributed by atoms with Crippen LogP contribution in [-0.4, -0.2) is 14.9 Å². The smallest absolute Gasteiger partial charge is 0.352 e. The van der Waals surface area contributed by atoms with Crippen LogP contribution in [0.15, 0.2) is 24.3 Å². The van der Waals surface area contributed by atoms with E-state index in [0.29, 0.717) is 0 Å². The molecule has 0 atom stereocenters. The van der Waals surface area contributed by atoms with Gasteiger partial charge in [0.1, 0.15) is 17.3 Å². The van der Waals surface area contributed by atoms with Crippen molar-refractivity contribution in [2.75, 3.05) is 5.73 Å². The van der Waals surface area contributed by atoms with Gasteiger partial charge in [-0.15, -0.1) is 0 Å². The average Bonchev–Trinajstić information content (AvgIpc) is 2.30. The zero-order valence-electron chi connectivity index (χ0n) is 9.83. The van der Waals surface area contributed by atoms with Crippen LogP contribution in [0.4, 0.5) is 16.0 Å². The van der Waals surface area contributed by atoms with Crippen LogP contribution in [0.2, 0.25) is 0 Å². The second-order valence-corrected chi connectivity index (χ2v) is 3.63. The van der Waals surface area contributed by atoms with Crippen LogP contribution < -0.4 is 10.5 Å². The summed E-state index contributed by atoms with van der Waals surface area (Å²) in [4.78, 5) is 17.7. The molecule has 1 aromatic heterocycles. The third-order valence-electron chi connectivity index (χ3n) is 2.25. The summed E-state index contributed by atoms with van der Waals surface area (Å²) in [6.45, 7) is 1.42. The molecule has 0 unspecified atom stereocenters. The standard InChI is InChI=1S/C11H9FN4O3/c1-6-9(16(17)18)10(15-11(13)14-6)19-8-4-2-7(12)3-5-8/h2-5H,1H3,(H2,13,14,15). The number of rotatable bonds is 3. The number of aromatic nitrogens is 2. The molecule has 2 aromatic rings. The van der Waals surface area contributed by atoms with Gasteiger partial charge in [0.2, 0.25) is 5.95 Å². The van der Waals surface area contributed by atoms with Crippen LogP contribution in [0.5, 0.6) is 11.6 Å². The Labute approximate surface area is 107 Å². The molecule has 0 aliphatic carbocycles. The lowest BCUT2D eigenvalue weighted by Gasteiger charge is -2.07. The number of hydrogen-bond donors (Lipinski definition) is 1. The topological polar surface area (TPSA) is 104 Å². The molecule has 2 N–H and O–H groups in total. The van der Waals surface area contributed by atoms with E-state index in [4.69, 9.17) is 10.5 Å². The van der Waals surface area contributed by atoms with Gasteiger partial charge in [-0.25, -0.2) is 9.37 Å². The molecule has 0 aliphatic heterocycles. The van der Waals surface area contributed by atoms with Gasteiger partial charge in [0.05, 0.1) is 4.92 Å². The molecule has 0 saturated carbocycles. The SMILES string of the molecule is Cc1nc(N)nc(Oc2ccc(F)cc2)c1[N+](=O)[O-]. The van der Waals surface area contributed by atoms with Crippen molar-refractivity contribution in [2.45, 2.75) is 6.92 Å². The van der Waals surface area contributed by atoms with Gasteiger partial charge in [-0.3, -0.25) is 10.1 Å². The largest absolute Gasteiger partial charge is 0.434 e. The van der Waals surface area contributed by atoms with Gasteiger partial charge in [0.25, 0.3) is 0 Å². The predicted octanol–water partition coefficient (Wildman–Crippen LogP) is 2.21. The molecule has 0 fully saturated rings. The fourth-order valence-electron chi connectivity index (χ4n) is 1.46. The van der Waals surface area contributed by atoms with Crippen molar-refractivity contribution in [3.63, 3.8) is 0 Å². The van der Waals surface area contributed by atoms with Crippen LogP contribution in [-0.2, 0) is 0 Å². The number of anilines is 1.